The molecule has 1 heterocycles. The number of nitrogens with zero attached hydrogens (tertiary/aromatic N) is 1. The van der Waals surface area contributed by atoms with E-state index in [9.17, 15) is 9.59 Å². The molecule has 0 bridgehead atoms. The Labute approximate surface area is 163 Å². The van der Waals surface area contributed by atoms with E-state index in [0.29, 0.717) is 17.6 Å². The fourth-order valence-electron chi connectivity index (χ4n) is 3.84. The number of hydrogen-bond donors (Lipinski definition) is 0. The lowest BCUT2D eigenvalue weighted by Gasteiger charge is -2.21. The van der Waals surface area contributed by atoms with Gasteiger partial charge in [-0.15, -0.1) is 0 Å². The lowest BCUT2D eigenvalue weighted by Crippen LogP contribution is -2.26. The maximum atomic E-state index is 13.3. The second-order valence-corrected chi connectivity index (χ2v) is 6.86. The summed E-state index contributed by atoms with van der Waals surface area (Å²) in [6.07, 6.45) is 2.42. The molecule has 0 spiro atoms. The van der Waals surface area contributed by atoms with Crippen LogP contribution in [0, 0.1) is 5.92 Å². The maximum Gasteiger partial charge on any atom is 0.334 e. The molecular weight excluding hydrogens is 350 g/mol. The number of para-hydroxylation sites is 1. The zero-order valence-electron chi connectivity index (χ0n) is 15.7. The van der Waals surface area contributed by atoms with E-state index in [1.54, 1.807) is 19.1 Å². The SMILES string of the molecule is CCOC(=O)C1=CC[C@@H](c2ccc3ccccc3n2)[C@@H]1C(=O)c1ccccc1. The number of Topliss-reactive ketones (excluding diaryl/α,β-unsaturated/α-hetero) is 1. The number of esters is 1. The van der Waals surface area contributed by atoms with Crippen molar-refractivity contribution in [1.29, 1.82) is 0 Å². The van der Waals surface area contributed by atoms with Crippen molar-refractivity contribution in [3.8, 4) is 0 Å². The Morgan fingerprint density at radius 3 is 2.54 bits per heavy atom. The van der Waals surface area contributed by atoms with E-state index in [1.807, 2.05) is 60.7 Å². The number of rotatable bonds is 5. The Bertz CT molecular complexity index is 1060. The predicted octanol–water partition coefficient (Wildman–Crippen LogP) is 4.71. The molecule has 28 heavy (non-hydrogen) atoms. The average molecular weight is 371 g/mol. The van der Waals surface area contributed by atoms with Gasteiger partial charge in [0.2, 0.25) is 0 Å². The largest absolute Gasteiger partial charge is 0.463 e. The molecule has 0 unspecified atom stereocenters. The highest BCUT2D eigenvalue weighted by Gasteiger charge is 2.41. The highest BCUT2D eigenvalue weighted by molar-refractivity contribution is 6.06. The third kappa shape index (κ3) is 3.33. The van der Waals surface area contributed by atoms with E-state index in [4.69, 9.17) is 9.72 Å². The van der Waals surface area contributed by atoms with Crippen molar-refractivity contribution in [2.45, 2.75) is 19.3 Å². The van der Waals surface area contributed by atoms with E-state index >= 15 is 0 Å². The lowest BCUT2D eigenvalue weighted by atomic mass is 9.82. The topological polar surface area (TPSA) is 56.3 Å². The zero-order valence-corrected chi connectivity index (χ0v) is 15.7. The van der Waals surface area contributed by atoms with Gasteiger partial charge in [0.15, 0.2) is 5.78 Å². The van der Waals surface area contributed by atoms with Gasteiger partial charge in [0.05, 0.1) is 18.0 Å². The van der Waals surface area contributed by atoms with Crippen molar-refractivity contribution in [2.75, 3.05) is 6.61 Å². The van der Waals surface area contributed by atoms with Crippen LogP contribution in [0.15, 0.2) is 78.4 Å². The Morgan fingerprint density at radius 2 is 1.75 bits per heavy atom. The van der Waals surface area contributed by atoms with Crippen LogP contribution in [0.4, 0.5) is 0 Å². The molecule has 140 valence electrons. The summed E-state index contributed by atoms with van der Waals surface area (Å²) < 4.78 is 5.22. The van der Waals surface area contributed by atoms with Crippen LogP contribution in [0.2, 0.25) is 0 Å². The minimum Gasteiger partial charge on any atom is -0.463 e. The van der Waals surface area contributed by atoms with E-state index in [2.05, 4.69) is 0 Å². The van der Waals surface area contributed by atoms with Gasteiger partial charge in [-0.3, -0.25) is 9.78 Å². The minimum absolute atomic E-state index is 0.0719. The zero-order chi connectivity index (χ0) is 19.5. The Balaban J connectivity index is 1.74. The Kier molecular flexibility index (Phi) is 5.02. The summed E-state index contributed by atoms with van der Waals surface area (Å²) in [6.45, 7) is 2.05. The summed E-state index contributed by atoms with van der Waals surface area (Å²) in [4.78, 5) is 30.6. The maximum absolute atomic E-state index is 13.3. The van der Waals surface area contributed by atoms with Crippen LogP contribution in [0.5, 0.6) is 0 Å². The number of pyridine rings is 1. The molecule has 3 aromatic rings. The fraction of sp³-hybridized carbons (Fsp3) is 0.208. The first-order valence-corrected chi connectivity index (χ1v) is 9.51. The summed E-state index contributed by atoms with van der Waals surface area (Å²) in [6, 6.07) is 21.0. The molecule has 0 fully saturated rings. The third-order valence-corrected chi connectivity index (χ3v) is 5.18. The van der Waals surface area contributed by atoms with Crippen LogP contribution in [-0.2, 0) is 9.53 Å². The van der Waals surface area contributed by atoms with Crippen molar-refractivity contribution < 1.29 is 14.3 Å². The van der Waals surface area contributed by atoms with E-state index < -0.39 is 11.9 Å². The number of allylic oxidation sites excluding steroid dienone is 1. The normalized spacial score (nSPS) is 18.7. The van der Waals surface area contributed by atoms with Crippen molar-refractivity contribution >= 4 is 22.7 Å². The fourth-order valence-corrected chi connectivity index (χ4v) is 3.84. The number of fused-ring (bicyclic) bond motifs is 1. The highest BCUT2D eigenvalue weighted by atomic mass is 16.5. The van der Waals surface area contributed by atoms with Gasteiger partial charge in [0, 0.05) is 28.1 Å². The van der Waals surface area contributed by atoms with E-state index in [1.165, 1.54) is 0 Å². The summed E-state index contributed by atoms with van der Waals surface area (Å²) in [7, 11) is 0. The van der Waals surface area contributed by atoms with Gasteiger partial charge in [0.1, 0.15) is 0 Å². The van der Waals surface area contributed by atoms with Gasteiger partial charge in [-0.1, -0.05) is 60.7 Å². The van der Waals surface area contributed by atoms with Gasteiger partial charge in [0.25, 0.3) is 0 Å². The molecule has 4 heteroatoms. The number of ether oxygens (including phenoxy) is 1. The number of aromatic nitrogens is 1. The molecule has 2 atom stereocenters. The number of hydrogen-bond acceptors (Lipinski definition) is 4. The summed E-state index contributed by atoms with van der Waals surface area (Å²) in [5.74, 6) is -1.26. The second-order valence-electron chi connectivity index (χ2n) is 6.86. The first-order chi connectivity index (χ1) is 13.7. The van der Waals surface area contributed by atoms with Gasteiger partial charge in [-0.2, -0.15) is 0 Å². The first kappa shape index (κ1) is 18.1. The number of carbonyl (C=O) groups is 2. The van der Waals surface area contributed by atoms with Crippen molar-refractivity contribution in [3.63, 3.8) is 0 Å². The monoisotopic (exact) mass is 371 g/mol. The summed E-state index contributed by atoms with van der Waals surface area (Å²) >= 11 is 0. The molecule has 2 aromatic carbocycles. The molecule has 0 saturated heterocycles. The standard InChI is InChI=1S/C24H21NO3/c1-2-28-24(27)19-14-13-18(22(19)23(26)17-9-4-3-5-10-17)21-15-12-16-8-6-7-11-20(16)25-21/h3-12,14-15,18,22H,2,13H2,1H3/t18-,22-/m0/s1. The molecule has 0 N–H and O–H groups in total. The van der Waals surface area contributed by atoms with Gasteiger partial charge in [-0.25, -0.2) is 4.79 Å². The summed E-state index contributed by atoms with van der Waals surface area (Å²) in [5.41, 5.74) is 2.74. The number of ketones is 1. The van der Waals surface area contributed by atoms with Crippen molar-refractivity contribution in [1.82, 2.24) is 4.98 Å². The first-order valence-electron chi connectivity index (χ1n) is 9.51. The minimum atomic E-state index is -0.588. The van der Waals surface area contributed by atoms with Gasteiger partial charge < -0.3 is 4.74 Å². The average Bonchev–Trinajstić information content (AvgIpc) is 3.19. The highest BCUT2D eigenvalue weighted by Crippen LogP contribution is 2.41. The second kappa shape index (κ2) is 7.77. The van der Waals surface area contributed by atoms with E-state index in [0.717, 1.165) is 16.6 Å². The Morgan fingerprint density at radius 1 is 1.00 bits per heavy atom. The van der Waals surface area contributed by atoms with Crippen LogP contribution in [0.3, 0.4) is 0 Å². The molecular formula is C24H21NO3. The van der Waals surface area contributed by atoms with Crippen LogP contribution in [0.25, 0.3) is 10.9 Å². The van der Waals surface area contributed by atoms with Crippen LogP contribution in [-0.4, -0.2) is 23.3 Å². The molecule has 4 rings (SSSR count). The molecule has 0 amide bonds. The quantitative estimate of drug-likeness (QED) is 0.481. The molecule has 0 radical (unpaired) electrons. The predicted molar refractivity (Wildman–Crippen MR) is 108 cm³/mol. The smallest absolute Gasteiger partial charge is 0.334 e. The lowest BCUT2D eigenvalue weighted by molar-refractivity contribution is -0.138. The van der Waals surface area contributed by atoms with Gasteiger partial charge in [-0.05, 0) is 25.5 Å². The number of benzene rings is 2. The third-order valence-electron chi connectivity index (χ3n) is 5.18. The van der Waals surface area contributed by atoms with Crippen LogP contribution < -0.4 is 0 Å². The van der Waals surface area contributed by atoms with E-state index in [-0.39, 0.29) is 18.3 Å². The molecule has 1 aromatic heterocycles. The molecule has 1 aliphatic carbocycles. The number of carbonyl (C=O) groups excluding carboxylic acids is 2. The molecule has 4 nitrogen and oxygen atoms in total. The molecule has 0 aliphatic heterocycles. The molecule has 0 saturated carbocycles. The summed E-state index contributed by atoms with van der Waals surface area (Å²) in [5, 5.41) is 1.05. The van der Waals surface area contributed by atoms with Crippen LogP contribution in [0.1, 0.15) is 35.3 Å². The van der Waals surface area contributed by atoms with Gasteiger partial charge >= 0.3 is 5.97 Å². The van der Waals surface area contributed by atoms with Crippen LogP contribution >= 0.6 is 0 Å². The Hall–Kier alpha value is -3.27. The van der Waals surface area contributed by atoms with Crippen molar-refractivity contribution in [3.05, 3.63) is 89.6 Å². The molecule has 1 aliphatic rings. The van der Waals surface area contributed by atoms with Crippen molar-refractivity contribution in [2.24, 2.45) is 5.92 Å².